The van der Waals surface area contributed by atoms with E-state index >= 15 is 0 Å². The zero-order valence-electron chi connectivity index (χ0n) is 20.4. The van der Waals surface area contributed by atoms with Gasteiger partial charge in [-0.1, -0.05) is 42.3 Å². The van der Waals surface area contributed by atoms with E-state index in [1.54, 1.807) is 25.2 Å². The number of aliphatic imine (C=N–C) groups is 1. The van der Waals surface area contributed by atoms with Gasteiger partial charge in [-0.15, -0.1) is 0 Å². The molecule has 2 aliphatic rings. The number of rotatable bonds is 4. The summed E-state index contributed by atoms with van der Waals surface area (Å²) in [6, 6.07) is 5.14. The van der Waals surface area contributed by atoms with Crippen LogP contribution in [0, 0.1) is 11.3 Å². The third-order valence-electron chi connectivity index (χ3n) is 6.85. The third kappa shape index (κ3) is 4.87. The first-order valence-corrected chi connectivity index (χ1v) is 12.7. The largest absolute Gasteiger partial charge is 0.394 e. The maximum atomic E-state index is 13.2. The molecule has 0 saturated carbocycles. The summed E-state index contributed by atoms with van der Waals surface area (Å²) in [6.45, 7) is 4.24. The molecule has 1 aliphatic heterocycles. The van der Waals surface area contributed by atoms with Crippen molar-refractivity contribution >= 4 is 45.9 Å². The lowest BCUT2D eigenvalue weighted by Gasteiger charge is -2.38. The average Bonchev–Trinajstić information content (AvgIpc) is 2.90. The summed E-state index contributed by atoms with van der Waals surface area (Å²) in [6.07, 6.45) is 6.32. The molecule has 3 aromatic rings. The predicted molar refractivity (Wildman–Crippen MR) is 142 cm³/mol. The van der Waals surface area contributed by atoms with Gasteiger partial charge < -0.3 is 9.84 Å². The molecule has 1 saturated heterocycles. The van der Waals surface area contributed by atoms with Crippen LogP contribution in [0.3, 0.4) is 0 Å². The Balaban J connectivity index is 1.49. The predicted octanol–water partition coefficient (Wildman–Crippen LogP) is 2.64. The van der Waals surface area contributed by atoms with E-state index in [2.05, 4.69) is 32.9 Å². The third-order valence-corrected chi connectivity index (χ3v) is 7.46. The molecule has 1 aliphatic carbocycles. The highest BCUT2D eigenvalue weighted by Gasteiger charge is 2.29. The molecule has 1 aromatic carbocycles. The van der Waals surface area contributed by atoms with E-state index in [1.165, 1.54) is 10.8 Å². The SMILES string of the molecule is CC1CC(N2CCOC(CO)C2)C=CC1=Nc1ncc2c(=N)n(-c3c(Cl)cccc3Cl)c(=O)n(C)c2n1. The van der Waals surface area contributed by atoms with Crippen LogP contribution in [0.2, 0.25) is 10.0 Å². The number of halogens is 2. The van der Waals surface area contributed by atoms with Gasteiger partial charge in [0.15, 0.2) is 5.65 Å². The molecule has 0 amide bonds. The number of fused-ring (bicyclic) bond motifs is 1. The summed E-state index contributed by atoms with van der Waals surface area (Å²) in [5.41, 5.74) is 0.743. The highest BCUT2D eigenvalue weighted by atomic mass is 35.5. The summed E-state index contributed by atoms with van der Waals surface area (Å²) >= 11 is 12.6. The Kier molecular flexibility index (Phi) is 7.28. The minimum atomic E-state index is -0.509. The number of para-hydroxylation sites is 1. The molecule has 0 bridgehead atoms. The Labute approximate surface area is 223 Å². The minimum Gasteiger partial charge on any atom is -0.394 e. The molecule has 3 unspecified atom stereocenters. The lowest BCUT2D eigenvalue weighted by Crippen LogP contribution is -2.49. The van der Waals surface area contributed by atoms with Crippen LogP contribution in [0.5, 0.6) is 0 Å². The molecule has 3 atom stereocenters. The molecule has 3 heterocycles. The standard InChI is InChI=1S/C25H27Cl2N7O3/c1-14-10-15(33-8-9-37-16(12-33)13-35)6-7-20(14)30-24-29-11-17-22(28)34(25(36)32(2)23(17)31-24)21-18(26)4-3-5-19(21)27/h3-7,11,14-16,28,35H,8-10,12-13H2,1-2H3. The number of nitrogens with one attached hydrogen (secondary N) is 1. The van der Waals surface area contributed by atoms with Crippen molar-refractivity contribution in [2.45, 2.75) is 25.5 Å². The molecular weight excluding hydrogens is 517 g/mol. The first kappa shape index (κ1) is 25.7. The fourth-order valence-electron chi connectivity index (χ4n) is 4.83. The summed E-state index contributed by atoms with van der Waals surface area (Å²) < 4.78 is 8.06. The lowest BCUT2D eigenvalue weighted by molar-refractivity contribution is -0.0611. The molecule has 0 spiro atoms. The van der Waals surface area contributed by atoms with Crippen LogP contribution in [0.25, 0.3) is 16.7 Å². The normalized spacial score (nSPS) is 23.7. The number of aromatic nitrogens is 4. The number of allylic oxidation sites excluding steroid dienone is 1. The molecular formula is C25H27Cl2N7O3. The van der Waals surface area contributed by atoms with E-state index < -0.39 is 5.69 Å². The Morgan fingerprint density at radius 1 is 1.30 bits per heavy atom. The molecule has 2 N–H and O–H groups in total. The van der Waals surface area contributed by atoms with E-state index in [9.17, 15) is 9.90 Å². The summed E-state index contributed by atoms with van der Waals surface area (Å²) in [5, 5.41) is 19.0. The van der Waals surface area contributed by atoms with Crippen LogP contribution in [-0.4, -0.2) is 73.3 Å². The fourth-order valence-corrected chi connectivity index (χ4v) is 5.40. The van der Waals surface area contributed by atoms with Crippen molar-refractivity contribution in [2.75, 3.05) is 26.3 Å². The first-order chi connectivity index (χ1) is 17.8. The van der Waals surface area contributed by atoms with Gasteiger partial charge in [0, 0.05) is 44.0 Å². The van der Waals surface area contributed by atoms with E-state index in [1.807, 2.05) is 6.08 Å². The second-order valence-electron chi connectivity index (χ2n) is 9.27. The van der Waals surface area contributed by atoms with Crippen LogP contribution < -0.4 is 11.2 Å². The van der Waals surface area contributed by atoms with Crippen LogP contribution >= 0.6 is 23.2 Å². The van der Waals surface area contributed by atoms with E-state index in [4.69, 9.17) is 33.3 Å². The molecule has 2 aromatic heterocycles. The molecule has 1 fully saturated rings. The molecule has 12 heteroatoms. The van der Waals surface area contributed by atoms with E-state index in [-0.39, 0.29) is 57.5 Å². The van der Waals surface area contributed by atoms with Crippen LogP contribution in [0.15, 0.2) is 46.3 Å². The van der Waals surface area contributed by atoms with Crippen LogP contribution in [0.1, 0.15) is 13.3 Å². The second kappa shape index (κ2) is 10.5. The number of aliphatic hydroxyl groups excluding tert-OH is 1. The van der Waals surface area contributed by atoms with E-state index in [0.717, 1.165) is 23.2 Å². The quantitative estimate of drug-likeness (QED) is 0.521. The van der Waals surface area contributed by atoms with Crippen molar-refractivity contribution in [1.82, 2.24) is 24.0 Å². The maximum absolute atomic E-state index is 13.2. The number of benzene rings is 1. The molecule has 10 nitrogen and oxygen atoms in total. The number of aryl methyl sites for hydroxylation is 1. The Hall–Kier alpha value is -2.89. The van der Waals surface area contributed by atoms with Gasteiger partial charge in [-0.3, -0.25) is 14.9 Å². The van der Waals surface area contributed by atoms with Gasteiger partial charge in [0.2, 0.25) is 0 Å². The van der Waals surface area contributed by atoms with Gasteiger partial charge in [0.05, 0.1) is 40.4 Å². The Bertz CT molecular complexity index is 1510. The fraction of sp³-hybridized carbons (Fsp3) is 0.400. The number of nitrogens with zero attached hydrogens (tertiary/aromatic N) is 6. The molecule has 37 heavy (non-hydrogen) atoms. The molecule has 5 rings (SSSR count). The number of morpholine rings is 1. The van der Waals surface area contributed by atoms with Crippen molar-refractivity contribution in [1.29, 1.82) is 5.41 Å². The van der Waals surface area contributed by atoms with Crippen molar-refractivity contribution in [2.24, 2.45) is 18.0 Å². The molecule has 194 valence electrons. The topological polar surface area (TPSA) is 122 Å². The number of ether oxygens (including phenoxy) is 1. The highest BCUT2D eigenvalue weighted by molar-refractivity contribution is 6.37. The highest BCUT2D eigenvalue weighted by Crippen LogP contribution is 2.27. The first-order valence-electron chi connectivity index (χ1n) is 12.0. The van der Waals surface area contributed by atoms with Gasteiger partial charge in [-0.25, -0.2) is 19.3 Å². The van der Waals surface area contributed by atoms with Crippen molar-refractivity contribution in [3.63, 3.8) is 0 Å². The monoisotopic (exact) mass is 543 g/mol. The van der Waals surface area contributed by atoms with Gasteiger partial charge in [-0.05, 0) is 24.6 Å². The maximum Gasteiger partial charge on any atom is 0.335 e. The summed E-state index contributed by atoms with van der Waals surface area (Å²) in [5.74, 6) is 0.368. The number of hydrogen-bond donors (Lipinski definition) is 2. The van der Waals surface area contributed by atoms with Gasteiger partial charge >= 0.3 is 5.69 Å². The summed E-state index contributed by atoms with van der Waals surface area (Å²) in [4.78, 5) is 29.1. The van der Waals surface area contributed by atoms with Crippen molar-refractivity contribution in [3.05, 3.63) is 62.6 Å². The van der Waals surface area contributed by atoms with Gasteiger partial charge in [0.1, 0.15) is 5.49 Å². The average molecular weight is 544 g/mol. The van der Waals surface area contributed by atoms with Crippen LogP contribution in [-0.2, 0) is 11.8 Å². The Morgan fingerprint density at radius 2 is 2.05 bits per heavy atom. The van der Waals surface area contributed by atoms with Crippen molar-refractivity contribution < 1.29 is 9.84 Å². The smallest absolute Gasteiger partial charge is 0.335 e. The number of aliphatic hydroxyl groups is 1. The summed E-state index contributed by atoms with van der Waals surface area (Å²) in [7, 11) is 1.57. The number of hydrogen-bond acceptors (Lipinski definition) is 8. The second-order valence-corrected chi connectivity index (χ2v) is 10.1. The Morgan fingerprint density at radius 3 is 2.76 bits per heavy atom. The lowest BCUT2D eigenvalue weighted by atomic mass is 9.89. The van der Waals surface area contributed by atoms with Gasteiger partial charge in [-0.2, -0.15) is 4.98 Å². The zero-order valence-corrected chi connectivity index (χ0v) is 21.9. The molecule has 0 radical (unpaired) electrons. The zero-order chi connectivity index (χ0) is 26.3. The van der Waals surface area contributed by atoms with Crippen molar-refractivity contribution in [3.8, 4) is 5.69 Å². The van der Waals surface area contributed by atoms with Gasteiger partial charge in [0.25, 0.3) is 5.95 Å². The van der Waals surface area contributed by atoms with Crippen LogP contribution in [0.4, 0.5) is 5.95 Å². The minimum absolute atomic E-state index is 0.0163. The van der Waals surface area contributed by atoms with E-state index in [0.29, 0.717) is 18.5 Å².